The quantitative estimate of drug-likeness (QED) is 0.354. The van der Waals surface area contributed by atoms with E-state index in [9.17, 15) is 9.59 Å². The maximum absolute atomic E-state index is 13.5. The summed E-state index contributed by atoms with van der Waals surface area (Å²) in [4.78, 5) is 37.5. The number of aromatic amines is 1. The minimum atomic E-state index is -0.601. The highest BCUT2D eigenvalue weighted by Crippen LogP contribution is 2.37. The summed E-state index contributed by atoms with van der Waals surface area (Å²) in [7, 11) is 1.52. The van der Waals surface area contributed by atoms with E-state index in [1.54, 1.807) is 30.5 Å². The number of hydrogen-bond acceptors (Lipinski definition) is 7. The van der Waals surface area contributed by atoms with Gasteiger partial charge in [-0.05, 0) is 25.1 Å². The minimum Gasteiger partial charge on any atom is -0.439 e. The Morgan fingerprint density at radius 3 is 2.82 bits per heavy atom. The van der Waals surface area contributed by atoms with Gasteiger partial charge in [-0.25, -0.2) is 9.97 Å². The van der Waals surface area contributed by atoms with E-state index in [2.05, 4.69) is 25.6 Å². The average Bonchev–Trinajstić information content (AvgIpc) is 3.24. The molecule has 3 N–H and O–H groups in total. The van der Waals surface area contributed by atoms with Crippen LogP contribution in [-0.2, 0) is 9.53 Å². The van der Waals surface area contributed by atoms with Crippen LogP contribution in [0.4, 0.5) is 11.4 Å². The number of aryl methyl sites for hydroxylation is 1. The van der Waals surface area contributed by atoms with Gasteiger partial charge in [0.05, 0.1) is 40.2 Å². The van der Waals surface area contributed by atoms with E-state index < -0.39 is 6.04 Å². The first-order valence-corrected chi connectivity index (χ1v) is 10.8. The van der Waals surface area contributed by atoms with Gasteiger partial charge in [0.1, 0.15) is 17.4 Å². The Kier molecular flexibility index (Phi) is 5.64. The first-order chi connectivity index (χ1) is 16.4. The Bertz CT molecular complexity index is 1430. The SMILES string of the molecule is COCC1Nc2c(cnc3[nH]cc(C(=O)c4ccc(Oc5cccc(C)n5)cc4Cl)c23)NC1=O. The molecule has 34 heavy (non-hydrogen) atoms. The molecule has 0 saturated carbocycles. The van der Waals surface area contributed by atoms with Crippen molar-refractivity contribution in [3.8, 4) is 11.6 Å². The standard InChI is InChI=1S/C24H20ClN5O4/c1-12-4-3-5-19(28-12)34-13-6-7-14(16(25)8-13)22(31)15-9-26-23-20(15)21-17(10-27-23)30-24(32)18(29-21)11-33-2/h3-10,18,29H,11H2,1-2H3,(H,26,27)(H,30,32). The monoisotopic (exact) mass is 477 g/mol. The number of anilines is 2. The minimum absolute atomic E-state index is 0.172. The van der Waals surface area contributed by atoms with Crippen LogP contribution >= 0.6 is 11.6 Å². The molecule has 0 fully saturated rings. The zero-order valence-electron chi connectivity index (χ0n) is 18.3. The second kappa shape index (κ2) is 8.77. The molecule has 5 rings (SSSR count). The molecular formula is C24H20ClN5O4. The number of benzene rings is 1. The van der Waals surface area contributed by atoms with E-state index in [4.69, 9.17) is 21.1 Å². The Hall–Kier alpha value is -3.95. The fourth-order valence-electron chi connectivity index (χ4n) is 3.85. The fraction of sp³-hybridized carbons (Fsp3) is 0.167. The van der Waals surface area contributed by atoms with Crippen molar-refractivity contribution >= 4 is 45.7 Å². The average molecular weight is 478 g/mol. The van der Waals surface area contributed by atoms with E-state index >= 15 is 0 Å². The van der Waals surface area contributed by atoms with Crippen molar-refractivity contribution in [2.45, 2.75) is 13.0 Å². The molecule has 1 aliphatic rings. The lowest BCUT2D eigenvalue weighted by Crippen LogP contribution is -2.42. The van der Waals surface area contributed by atoms with Crippen molar-refractivity contribution in [3.63, 3.8) is 0 Å². The summed E-state index contributed by atoms with van der Waals surface area (Å²) in [6, 6.07) is 9.71. The molecule has 0 aliphatic carbocycles. The van der Waals surface area contributed by atoms with Gasteiger partial charge in [0, 0.05) is 36.7 Å². The van der Waals surface area contributed by atoms with Crippen LogP contribution in [0.3, 0.4) is 0 Å². The van der Waals surface area contributed by atoms with Crippen molar-refractivity contribution in [2.75, 3.05) is 24.4 Å². The first kappa shape index (κ1) is 21.9. The van der Waals surface area contributed by atoms with Crippen molar-refractivity contribution < 1.29 is 19.1 Å². The molecule has 0 saturated heterocycles. The molecule has 4 aromatic rings. The number of rotatable bonds is 6. The first-order valence-electron chi connectivity index (χ1n) is 10.5. The third-order valence-electron chi connectivity index (χ3n) is 5.44. The number of nitrogens with one attached hydrogen (secondary N) is 3. The molecule has 1 amide bonds. The van der Waals surface area contributed by atoms with Crippen molar-refractivity contribution in [1.82, 2.24) is 15.0 Å². The predicted octanol–water partition coefficient (Wildman–Crippen LogP) is 4.32. The Morgan fingerprint density at radius 2 is 2.06 bits per heavy atom. The van der Waals surface area contributed by atoms with Gasteiger partial charge in [0.15, 0.2) is 5.78 Å². The molecule has 1 atom stereocenters. The zero-order chi connectivity index (χ0) is 23.8. The van der Waals surface area contributed by atoms with Gasteiger partial charge < -0.3 is 25.1 Å². The van der Waals surface area contributed by atoms with Crippen molar-refractivity contribution in [3.05, 3.63) is 70.6 Å². The molecule has 3 aromatic heterocycles. The van der Waals surface area contributed by atoms with E-state index in [0.29, 0.717) is 45.2 Å². The number of carbonyl (C=O) groups excluding carboxylic acids is 2. The number of carbonyl (C=O) groups is 2. The van der Waals surface area contributed by atoms with Gasteiger partial charge in [-0.2, -0.15) is 0 Å². The van der Waals surface area contributed by atoms with Crippen molar-refractivity contribution in [1.29, 1.82) is 0 Å². The van der Waals surface area contributed by atoms with E-state index in [0.717, 1.165) is 5.69 Å². The second-order valence-corrected chi connectivity index (χ2v) is 8.21. The number of aromatic nitrogens is 3. The van der Waals surface area contributed by atoms with Gasteiger partial charge in [-0.15, -0.1) is 0 Å². The summed E-state index contributed by atoms with van der Waals surface area (Å²) in [6.45, 7) is 2.04. The number of nitrogens with zero attached hydrogens (tertiary/aromatic N) is 2. The van der Waals surface area contributed by atoms with Crippen LogP contribution in [-0.4, -0.2) is 46.4 Å². The van der Waals surface area contributed by atoms with Gasteiger partial charge >= 0.3 is 0 Å². The number of pyridine rings is 2. The lowest BCUT2D eigenvalue weighted by Gasteiger charge is -2.26. The van der Waals surface area contributed by atoms with Crippen LogP contribution in [0.2, 0.25) is 5.02 Å². The third-order valence-corrected chi connectivity index (χ3v) is 5.76. The van der Waals surface area contributed by atoms with Crippen LogP contribution in [0, 0.1) is 6.92 Å². The van der Waals surface area contributed by atoms with E-state index in [1.807, 2.05) is 19.1 Å². The highest BCUT2D eigenvalue weighted by Gasteiger charge is 2.30. The topological polar surface area (TPSA) is 118 Å². The number of fused-ring (bicyclic) bond motifs is 3. The Morgan fingerprint density at radius 1 is 1.21 bits per heavy atom. The van der Waals surface area contributed by atoms with Gasteiger partial charge in [-0.3, -0.25) is 9.59 Å². The van der Waals surface area contributed by atoms with Crippen LogP contribution in [0.15, 0.2) is 48.8 Å². The van der Waals surface area contributed by atoms with Gasteiger partial charge in [0.2, 0.25) is 11.8 Å². The molecule has 4 heterocycles. The number of ketones is 1. The maximum Gasteiger partial charge on any atom is 0.249 e. The second-order valence-electron chi connectivity index (χ2n) is 7.80. The summed E-state index contributed by atoms with van der Waals surface area (Å²) in [5, 5.41) is 6.78. The summed E-state index contributed by atoms with van der Waals surface area (Å²) in [5.74, 6) is 0.363. The van der Waals surface area contributed by atoms with Crippen molar-refractivity contribution in [2.24, 2.45) is 0 Å². The Balaban J connectivity index is 1.49. The smallest absolute Gasteiger partial charge is 0.249 e. The molecule has 10 heteroatoms. The number of amides is 1. The molecule has 0 radical (unpaired) electrons. The predicted molar refractivity (Wildman–Crippen MR) is 128 cm³/mol. The lowest BCUT2D eigenvalue weighted by molar-refractivity contribution is -0.118. The highest BCUT2D eigenvalue weighted by atomic mass is 35.5. The number of H-pyrrole nitrogens is 1. The molecule has 9 nitrogen and oxygen atoms in total. The maximum atomic E-state index is 13.5. The summed E-state index contributed by atoms with van der Waals surface area (Å²) in [5.41, 5.74) is 3.08. The van der Waals surface area contributed by atoms with Gasteiger partial charge in [0.25, 0.3) is 0 Å². The van der Waals surface area contributed by atoms with Crippen LogP contribution in [0.25, 0.3) is 11.0 Å². The lowest BCUT2D eigenvalue weighted by atomic mass is 10.0. The van der Waals surface area contributed by atoms with Crippen LogP contribution < -0.4 is 15.4 Å². The molecule has 1 aliphatic heterocycles. The highest BCUT2D eigenvalue weighted by molar-refractivity contribution is 6.36. The molecule has 0 spiro atoms. The summed E-state index contributed by atoms with van der Waals surface area (Å²) in [6.07, 6.45) is 3.12. The number of ether oxygens (including phenoxy) is 2. The van der Waals surface area contributed by atoms with E-state index in [-0.39, 0.29) is 23.3 Å². The third kappa shape index (κ3) is 3.95. The molecule has 1 aromatic carbocycles. The summed E-state index contributed by atoms with van der Waals surface area (Å²) >= 11 is 6.48. The molecule has 1 unspecified atom stereocenters. The van der Waals surface area contributed by atoms with Crippen LogP contribution in [0.1, 0.15) is 21.6 Å². The summed E-state index contributed by atoms with van der Waals surface area (Å²) < 4.78 is 10.9. The number of halogens is 1. The van der Waals surface area contributed by atoms with Crippen LogP contribution in [0.5, 0.6) is 11.6 Å². The zero-order valence-corrected chi connectivity index (χ0v) is 19.1. The molecule has 172 valence electrons. The normalized spacial score (nSPS) is 14.9. The largest absolute Gasteiger partial charge is 0.439 e. The fourth-order valence-corrected chi connectivity index (χ4v) is 4.10. The molecule has 0 bridgehead atoms. The number of methoxy groups -OCH3 is 1. The Labute approximate surface area is 199 Å². The number of hydrogen-bond donors (Lipinski definition) is 3. The van der Waals surface area contributed by atoms with Gasteiger partial charge in [-0.1, -0.05) is 17.7 Å². The molecular weight excluding hydrogens is 458 g/mol. The van der Waals surface area contributed by atoms with E-state index in [1.165, 1.54) is 13.3 Å².